The molecule has 0 atom stereocenters. The molecule has 14 heavy (non-hydrogen) atoms. The topological polar surface area (TPSA) is 56.0 Å². The van der Waals surface area contributed by atoms with Crippen LogP contribution in [0.5, 0.6) is 0 Å². The zero-order chi connectivity index (χ0) is 10.6. The molecule has 0 saturated carbocycles. The molecule has 1 aromatic heterocycles. The van der Waals surface area contributed by atoms with E-state index < -0.39 is 5.91 Å². The molecular formula is C9H10N2OS2. The first-order valence-electron chi connectivity index (χ1n) is 3.87. The largest absolute Gasteiger partial charge is 0.364 e. The molecule has 5 heteroatoms. The SMILES string of the molecule is C=C(S/C=C\C)c1nc(C(N)=O)cs1. The van der Waals surface area contributed by atoms with E-state index in [1.165, 1.54) is 23.1 Å². The van der Waals surface area contributed by atoms with Crippen molar-refractivity contribution in [1.29, 1.82) is 0 Å². The third kappa shape index (κ3) is 2.71. The minimum Gasteiger partial charge on any atom is -0.364 e. The summed E-state index contributed by atoms with van der Waals surface area (Å²) in [6.07, 6.45) is 1.92. The molecule has 1 aromatic rings. The van der Waals surface area contributed by atoms with Gasteiger partial charge in [0.05, 0.1) is 0 Å². The molecule has 0 aromatic carbocycles. The van der Waals surface area contributed by atoms with E-state index >= 15 is 0 Å². The molecule has 1 amide bonds. The van der Waals surface area contributed by atoms with Crippen LogP contribution in [-0.2, 0) is 0 Å². The van der Waals surface area contributed by atoms with Gasteiger partial charge in [0.25, 0.3) is 5.91 Å². The van der Waals surface area contributed by atoms with E-state index in [0.29, 0.717) is 5.69 Å². The molecule has 74 valence electrons. The molecule has 0 saturated heterocycles. The monoisotopic (exact) mass is 226 g/mol. The Labute approximate surface area is 90.7 Å². The van der Waals surface area contributed by atoms with Gasteiger partial charge < -0.3 is 5.73 Å². The second kappa shape index (κ2) is 4.97. The zero-order valence-corrected chi connectivity index (χ0v) is 9.32. The van der Waals surface area contributed by atoms with E-state index in [2.05, 4.69) is 11.6 Å². The van der Waals surface area contributed by atoms with Crippen LogP contribution in [0.4, 0.5) is 0 Å². The molecule has 3 nitrogen and oxygen atoms in total. The Morgan fingerprint density at radius 3 is 3.00 bits per heavy atom. The van der Waals surface area contributed by atoms with Crippen molar-refractivity contribution in [2.24, 2.45) is 5.73 Å². The fraction of sp³-hybridized carbons (Fsp3) is 0.111. The molecule has 0 unspecified atom stereocenters. The summed E-state index contributed by atoms with van der Waals surface area (Å²) in [5.74, 6) is -0.503. The number of thiazole rings is 1. The predicted molar refractivity (Wildman–Crippen MR) is 62.1 cm³/mol. The van der Waals surface area contributed by atoms with Gasteiger partial charge >= 0.3 is 0 Å². The summed E-state index contributed by atoms with van der Waals surface area (Å²) in [5.41, 5.74) is 5.38. The number of amides is 1. The van der Waals surface area contributed by atoms with Gasteiger partial charge in [-0.2, -0.15) is 0 Å². The van der Waals surface area contributed by atoms with Crippen molar-refractivity contribution in [3.63, 3.8) is 0 Å². The summed E-state index contributed by atoms with van der Waals surface area (Å²) in [4.78, 5) is 15.6. The number of hydrogen-bond donors (Lipinski definition) is 1. The maximum Gasteiger partial charge on any atom is 0.268 e. The van der Waals surface area contributed by atoms with Crippen LogP contribution in [0.1, 0.15) is 22.4 Å². The van der Waals surface area contributed by atoms with Crippen LogP contribution in [0.15, 0.2) is 23.4 Å². The number of hydrogen-bond acceptors (Lipinski definition) is 4. The van der Waals surface area contributed by atoms with Gasteiger partial charge in [0.15, 0.2) is 0 Å². The Kier molecular flexibility index (Phi) is 3.91. The fourth-order valence-corrected chi connectivity index (χ4v) is 2.13. The third-order valence-electron chi connectivity index (χ3n) is 1.34. The van der Waals surface area contributed by atoms with Crippen LogP contribution in [0, 0.1) is 0 Å². The Bertz CT molecular complexity index is 382. The highest BCUT2D eigenvalue weighted by Gasteiger charge is 2.08. The van der Waals surface area contributed by atoms with Crippen molar-refractivity contribution in [3.05, 3.63) is 34.1 Å². The zero-order valence-electron chi connectivity index (χ0n) is 7.69. The second-order valence-corrected chi connectivity index (χ2v) is 4.27. The standard InChI is InChI=1S/C9H10N2OS2/c1-3-4-13-6(2)9-11-7(5-14-9)8(10)12/h3-5H,2H2,1H3,(H2,10,12)/b4-3-. The first-order chi connectivity index (χ1) is 6.65. The molecule has 0 aliphatic heterocycles. The summed E-state index contributed by atoms with van der Waals surface area (Å²) >= 11 is 2.85. The highest BCUT2D eigenvalue weighted by Crippen LogP contribution is 2.28. The summed E-state index contributed by atoms with van der Waals surface area (Å²) in [7, 11) is 0. The Hall–Kier alpha value is -1.07. The highest BCUT2D eigenvalue weighted by molar-refractivity contribution is 8.11. The number of primary amides is 1. The molecule has 0 radical (unpaired) electrons. The lowest BCUT2D eigenvalue weighted by Gasteiger charge is -1.94. The van der Waals surface area contributed by atoms with Gasteiger partial charge in [0, 0.05) is 10.3 Å². The van der Waals surface area contributed by atoms with Gasteiger partial charge in [0.1, 0.15) is 10.7 Å². The Morgan fingerprint density at radius 1 is 1.79 bits per heavy atom. The van der Waals surface area contributed by atoms with Crippen molar-refractivity contribution in [1.82, 2.24) is 4.98 Å². The summed E-state index contributed by atoms with van der Waals surface area (Å²) < 4.78 is 0. The number of carbonyl (C=O) groups is 1. The van der Waals surface area contributed by atoms with Crippen LogP contribution >= 0.6 is 23.1 Å². The van der Waals surface area contributed by atoms with Gasteiger partial charge in [0.2, 0.25) is 0 Å². The quantitative estimate of drug-likeness (QED) is 0.858. The lowest BCUT2D eigenvalue weighted by atomic mass is 10.5. The van der Waals surface area contributed by atoms with Gasteiger partial charge in [-0.3, -0.25) is 4.79 Å². The molecular weight excluding hydrogens is 216 g/mol. The van der Waals surface area contributed by atoms with Crippen molar-refractivity contribution in [2.75, 3.05) is 0 Å². The number of nitrogens with zero attached hydrogens (tertiary/aromatic N) is 1. The lowest BCUT2D eigenvalue weighted by Crippen LogP contribution is -2.11. The van der Waals surface area contributed by atoms with Crippen LogP contribution in [0.3, 0.4) is 0 Å². The van der Waals surface area contributed by atoms with E-state index in [9.17, 15) is 4.79 Å². The normalized spacial score (nSPS) is 10.6. The van der Waals surface area contributed by atoms with Crippen molar-refractivity contribution in [2.45, 2.75) is 6.92 Å². The van der Waals surface area contributed by atoms with Crippen molar-refractivity contribution < 1.29 is 4.79 Å². The van der Waals surface area contributed by atoms with E-state index in [4.69, 9.17) is 5.73 Å². The fourth-order valence-electron chi connectivity index (χ4n) is 0.716. The van der Waals surface area contributed by atoms with E-state index in [1.54, 1.807) is 5.38 Å². The van der Waals surface area contributed by atoms with Gasteiger partial charge in [-0.1, -0.05) is 24.4 Å². The summed E-state index contributed by atoms with van der Waals surface area (Å²) in [5, 5.41) is 4.29. The molecule has 1 heterocycles. The van der Waals surface area contributed by atoms with Crippen LogP contribution in [-0.4, -0.2) is 10.9 Å². The maximum atomic E-state index is 10.8. The first-order valence-corrected chi connectivity index (χ1v) is 5.63. The van der Waals surface area contributed by atoms with Gasteiger partial charge in [-0.05, 0) is 12.3 Å². The number of rotatable bonds is 4. The minimum atomic E-state index is -0.503. The molecule has 2 N–H and O–H groups in total. The maximum absolute atomic E-state index is 10.8. The highest BCUT2D eigenvalue weighted by atomic mass is 32.2. The molecule has 0 fully saturated rings. The average Bonchev–Trinajstić information content (AvgIpc) is 2.62. The van der Waals surface area contributed by atoms with E-state index in [-0.39, 0.29) is 0 Å². The molecule has 0 spiro atoms. The van der Waals surface area contributed by atoms with E-state index in [0.717, 1.165) is 9.91 Å². The number of allylic oxidation sites excluding steroid dienone is 1. The second-order valence-electron chi connectivity index (χ2n) is 2.41. The van der Waals surface area contributed by atoms with Gasteiger partial charge in [-0.15, -0.1) is 11.3 Å². The summed E-state index contributed by atoms with van der Waals surface area (Å²) in [6.45, 7) is 5.77. The molecule has 0 aliphatic carbocycles. The number of aromatic nitrogens is 1. The number of carbonyl (C=O) groups excluding carboxylic acids is 1. The van der Waals surface area contributed by atoms with Crippen molar-refractivity contribution >= 4 is 33.9 Å². The Morgan fingerprint density at radius 2 is 2.50 bits per heavy atom. The lowest BCUT2D eigenvalue weighted by molar-refractivity contribution is 0.0996. The number of thioether (sulfide) groups is 1. The molecule has 0 aliphatic rings. The Balaban J connectivity index is 2.76. The minimum absolute atomic E-state index is 0.298. The van der Waals surface area contributed by atoms with Crippen molar-refractivity contribution in [3.8, 4) is 0 Å². The van der Waals surface area contributed by atoms with Crippen LogP contribution in [0.2, 0.25) is 0 Å². The predicted octanol–water partition coefficient (Wildman–Crippen LogP) is 2.48. The average molecular weight is 226 g/mol. The number of nitrogens with two attached hydrogens (primary N) is 1. The van der Waals surface area contributed by atoms with E-state index in [1.807, 2.05) is 18.4 Å². The first kappa shape index (κ1) is 11.0. The smallest absolute Gasteiger partial charge is 0.268 e. The van der Waals surface area contributed by atoms with Crippen LogP contribution in [0.25, 0.3) is 4.91 Å². The molecule has 0 bridgehead atoms. The van der Waals surface area contributed by atoms with Gasteiger partial charge in [-0.25, -0.2) is 4.98 Å². The summed E-state index contributed by atoms with van der Waals surface area (Å²) in [6, 6.07) is 0. The molecule has 1 rings (SSSR count). The van der Waals surface area contributed by atoms with Crippen LogP contribution < -0.4 is 5.73 Å². The third-order valence-corrected chi connectivity index (χ3v) is 3.26.